The summed E-state index contributed by atoms with van der Waals surface area (Å²) >= 11 is 1.47. The molecule has 0 aliphatic carbocycles. The van der Waals surface area contributed by atoms with Gasteiger partial charge >= 0.3 is 6.18 Å². The smallest absolute Gasteiger partial charge is 0.350 e. The van der Waals surface area contributed by atoms with Crippen LogP contribution in [0, 0.1) is 5.82 Å². The Morgan fingerprint density at radius 1 is 1.28 bits per heavy atom. The van der Waals surface area contributed by atoms with Gasteiger partial charge in [0, 0.05) is 13.1 Å². The third kappa shape index (κ3) is 3.89. The van der Waals surface area contributed by atoms with Crippen molar-refractivity contribution in [3.8, 4) is 0 Å². The molecule has 1 atom stereocenters. The van der Waals surface area contributed by atoms with Gasteiger partial charge in [-0.2, -0.15) is 13.2 Å². The van der Waals surface area contributed by atoms with Gasteiger partial charge in [0.05, 0.1) is 10.9 Å². The Kier molecular flexibility index (Phi) is 5.12. The maximum atomic E-state index is 13.3. The first kappa shape index (κ1) is 19.6. The van der Waals surface area contributed by atoms with E-state index in [1.54, 1.807) is 0 Å². The molecule has 1 aromatic carbocycles. The number of hydrogen-bond acceptors (Lipinski definition) is 5. The van der Waals surface area contributed by atoms with E-state index in [1.165, 1.54) is 17.7 Å². The number of nitrogens with one attached hydrogen (secondary N) is 1. The number of hydrogen-bond donors (Lipinski definition) is 1. The summed E-state index contributed by atoms with van der Waals surface area (Å²) in [6, 6.07) is 3.79. The van der Waals surface area contributed by atoms with Crippen molar-refractivity contribution in [2.75, 3.05) is 11.4 Å². The second-order valence-corrected chi connectivity index (χ2v) is 7.60. The zero-order valence-electron chi connectivity index (χ0n) is 15.0. The van der Waals surface area contributed by atoms with Crippen molar-refractivity contribution in [1.29, 1.82) is 0 Å². The van der Waals surface area contributed by atoms with E-state index in [9.17, 15) is 22.4 Å². The van der Waals surface area contributed by atoms with Crippen LogP contribution >= 0.6 is 11.3 Å². The first-order chi connectivity index (χ1) is 13.8. The Balaban J connectivity index is 1.53. The van der Waals surface area contributed by atoms with E-state index in [0.717, 1.165) is 28.8 Å². The van der Waals surface area contributed by atoms with E-state index in [-0.39, 0.29) is 18.0 Å². The van der Waals surface area contributed by atoms with Crippen LogP contribution in [-0.2, 0) is 17.5 Å². The maximum Gasteiger partial charge on any atom is 0.416 e. The van der Waals surface area contributed by atoms with E-state index in [2.05, 4.69) is 15.3 Å². The van der Waals surface area contributed by atoms with Crippen molar-refractivity contribution in [3.05, 3.63) is 52.9 Å². The van der Waals surface area contributed by atoms with E-state index in [1.807, 2.05) is 16.3 Å². The van der Waals surface area contributed by atoms with Gasteiger partial charge < -0.3 is 10.2 Å². The van der Waals surface area contributed by atoms with Crippen molar-refractivity contribution in [2.45, 2.75) is 31.6 Å². The molecular formula is C19H16F4N4OS. The summed E-state index contributed by atoms with van der Waals surface area (Å²) in [5.74, 6) is -0.716. The Bertz CT molecular complexity index is 1050. The molecule has 0 unspecified atom stereocenters. The molecule has 0 saturated carbocycles. The largest absolute Gasteiger partial charge is 0.416 e. The van der Waals surface area contributed by atoms with Gasteiger partial charge in [-0.15, -0.1) is 11.3 Å². The number of benzene rings is 1. The third-order valence-corrected chi connectivity index (χ3v) is 5.72. The average molecular weight is 424 g/mol. The lowest BCUT2D eigenvalue weighted by atomic mass is 10.1. The molecule has 0 bridgehead atoms. The van der Waals surface area contributed by atoms with Gasteiger partial charge in [-0.25, -0.2) is 14.4 Å². The van der Waals surface area contributed by atoms with Crippen LogP contribution in [0.1, 0.15) is 24.0 Å². The molecule has 1 N–H and O–H groups in total. The number of carbonyl (C=O) groups is 1. The fourth-order valence-corrected chi connectivity index (χ4v) is 4.29. The van der Waals surface area contributed by atoms with Crippen LogP contribution < -0.4 is 10.2 Å². The summed E-state index contributed by atoms with van der Waals surface area (Å²) in [7, 11) is 0. The standard InChI is InChI=1S/C19H16F4N4OS/c20-12-4-3-11(14(8-12)19(21,22)23)9-24-17(28)15-2-1-6-27(15)16-13-5-7-29-18(13)26-10-25-16/h3-5,7-8,10,15H,1-2,6,9H2,(H,24,28)/t15-/m0/s1. The minimum Gasteiger partial charge on any atom is -0.350 e. The normalized spacial score (nSPS) is 17.1. The van der Waals surface area contributed by atoms with Gasteiger partial charge in [-0.1, -0.05) is 6.07 Å². The molecule has 152 valence electrons. The fraction of sp³-hybridized carbons (Fsp3) is 0.316. The highest BCUT2D eigenvalue weighted by molar-refractivity contribution is 7.16. The molecule has 2 aromatic heterocycles. The maximum absolute atomic E-state index is 13.3. The molecule has 1 saturated heterocycles. The van der Waals surface area contributed by atoms with Crippen molar-refractivity contribution in [3.63, 3.8) is 0 Å². The second kappa shape index (κ2) is 7.58. The molecule has 1 amide bonds. The molecule has 4 rings (SSSR count). The number of nitrogens with zero attached hydrogens (tertiary/aromatic N) is 3. The van der Waals surface area contributed by atoms with Gasteiger partial charge in [0.15, 0.2) is 0 Å². The Morgan fingerprint density at radius 2 is 2.10 bits per heavy atom. The predicted molar refractivity (Wildman–Crippen MR) is 101 cm³/mol. The zero-order valence-corrected chi connectivity index (χ0v) is 15.9. The quantitative estimate of drug-likeness (QED) is 0.640. The first-order valence-electron chi connectivity index (χ1n) is 8.93. The molecule has 0 radical (unpaired) electrons. The zero-order chi connectivity index (χ0) is 20.6. The minimum absolute atomic E-state index is 0.181. The molecule has 3 heterocycles. The molecule has 3 aromatic rings. The van der Waals surface area contributed by atoms with Crippen molar-refractivity contribution in [1.82, 2.24) is 15.3 Å². The summed E-state index contributed by atoms with van der Waals surface area (Å²) in [5.41, 5.74) is -1.27. The summed E-state index contributed by atoms with van der Waals surface area (Å²) in [6.07, 6.45) is -1.93. The number of halogens is 4. The highest BCUT2D eigenvalue weighted by Gasteiger charge is 2.35. The number of alkyl halides is 3. The van der Waals surface area contributed by atoms with E-state index in [0.29, 0.717) is 24.8 Å². The number of anilines is 1. The number of amides is 1. The minimum atomic E-state index is -4.70. The van der Waals surface area contributed by atoms with Crippen molar-refractivity contribution < 1.29 is 22.4 Å². The number of carbonyl (C=O) groups excluding carboxylic acids is 1. The lowest BCUT2D eigenvalue weighted by Gasteiger charge is -2.25. The number of aromatic nitrogens is 2. The van der Waals surface area contributed by atoms with Gasteiger partial charge in [0.2, 0.25) is 5.91 Å². The molecule has 1 aliphatic heterocycles. The lowest BCUT2D eigenvalue weighted by molar-refractivity contribution is -0.138. The molecule has 29 heavy (non-hydrogen) atoms. The highest BCUT2D eigenvalue weighted by atomic mass is 32.1. The van der Waals surface area contributed by atoms with Crippen molar-refractivity contribution >= 4 is 33.3 Å². The van der Waals surface area contributed by atoms with Gasteiger partial charge in [0.1, 0.15) is 28.8 Å². The lowest BCUT2D eigenvalue weighted by Crippen LogP contribution is -2.43. The van der Waals surface area contributed by atoms with Crippen LogP contribution in [0.3, 0.4) is 0 Å². The monoisotopic (exact) mass is 424 g/mol. The average Bonchev–Trinajstić information content (AvgIpc) is 3.35. The molecular weight excluding hydrogens is 408 g/mol. The Morgan fingerprint density at radius 3 is 2.90 bits per heavy atom. The van der Waals surface area contributed by atoms with Crippen LogP contribution in [-0.4, -0.2) is 28.5 Å². The Labute approximate surface area is 167 Å². The second-order valence-electron chi connectivity index (χ2n) is 6.71. The SMILES string of the molecule is O=C(NCc1ccc(F)cc1C(F)(F)F)[C@@H]1CCCN1c1ncnc2sccc12. The molecule has 10 heteroatoms. The summed E-state index contributed by atoms with van der Waals surface area (Å²) in [6.45, 7) is 0.278. The third-order valence-electron chi connectivity index (χ3n) is 4.90. The van der Waals surface area contributed by atoms with Gasteiger partial charge in [-0.05, 0) is 42.0 Å². The van der Waals surface area contributed by atoms with Crippen LogP contribution in [0.2, 0.25) is 0 Å². The molecule has 1 aliphatic rings. The Hall–Kier alpha value is -2.75. The van der Waals surface area contributed by atoms with E-state index < -0.39 is 23.6 Å². The number of rotatable bonds is 4. The summed E-state index contributed by atoms with van der Waals surface area (Å²) in [4.78, 5) is 23.9. The van der Waals surface area contributed by atoms with Gasteiger partial charge in [0.25, 0.3) is 0 Å². The van der Waals surface area contributed by atoms with Crippen LogP contribution in [0.4, 0.5) is 23.4 Å². The topological polar surface area (TPSA) is 58.1 Å². The number of thiophene rings is 1. The van der Waals surface area contributed by atoms with E-state index >= 15 is 0 Å². The molecule has 1 fully saturated rings. The molecule has 0 spiro atoms. The first-order valence-corrected chi connectivity index (χ1v) is 9.81. The van der Waals surface area contributed by atoms with Gasteiger partial charge in [-0.3, -0.25) is 4.79 Å². The fourth-order valence-electron chi connectivity index (χ4n) is 3.57. The summed E-state index contributed by atoms with van der Waals surface area (Å²) < 4.78 is 52.7. The summed E-state index contributed by atoms with van der Waals surface area (Å²) in [5, 5.41) is 5.30. The van der Waals surface area contributed by atoms with E-state index in [4.69, 9.17) is 0 Å². The van der Waals surface area contributed by atoms with Crippen LogP contribution in [0.15, 0.2) is 36.0 Å². The number of fused-ring (bicyclic) bond motifs is 1. The highest BCUT2D eigenvalue weighted by Crippen LogP contribution is 2.33. The van der Waals surface area contributed by atoms with Crippen molar-refractivity contribution in [2.24, 2.45) is 0 Å². The molecule has 5 nitrogen and oxygen atoms in total. The van der Waals surface area contributed by atoms with Crippen LogP contribution in [0.5, 0.6) is 0 Å². The van der Waals surface area contributed by atoms with Crippen LogP contribution in [0.25, 0.3) is 10.2 Å². The predicted octanol–water partition coefficient (Wildman–Crippen LogP) is 4.13.